The minimum Gasteiger partial charge on any atom is -0.369 e. The van der Waals surface area contributed by atoms with E-state index in [-0.39, 0.29) is 28.1 Å². The minimum atomic E-state index is -4.69. The number of benzodiazepines with no additional fused rings is 1. The number of benzene rings is 3. The molecular weight excluding hydrogens is 578 g/mol. The molecule has 0 aliphatic carbocycles. The van der Waals surface area contributed by atoms with Gasteiger partial charge in [0.1, 0.15) is 0 Å². The van der Waals surface area contributed by atoms with Gasteiger partial charge in [-0.15, -0.1) is 0 Å². The summed E-state index contributed by atoms with van der Waals surface area (Å²) in [6.07, 6.45) is -13.4. The number of anilines is 1. The van der Waals surface area contributed by atoms with Crippen LogP contribution in [0.5, 0.6) is 0 Å². The molecule has 3 amide bonds. The Balaban J connectivity index is 1.78. The molecule has 0 aromatic heterocycles. The molecule has 0 radical (unpaired) electrons. The molecule has 1 heterocycles. The van der Waals surface area contributed by atoms with Gasteiger partial charge >= 0.3 is 12.4 Å². The van der Waals surface area contributed by atoms with E-state index in [2.05, 4.69) is 15.6 Å². The maximum atomic E-state index is 13.6. The predicted molar refractivity (Wildman–Crippen MR) is 146 cm³/mol. The van der Waals surface area contributed by atoms with Crippen molar-refractivity contribution in [3.8, 4) is 0 Å². The first-order valence-corrected chi connectivity index (χ1v) is 13.0. The second-order valence-electron chi connectivity index (χ2n) is 10.0. The molecule has 3 aromatic rings. The number of alkyl halides is 6. The number of fused-ring (bicyclic) bond motifs is 1. The second-order valence-corrected chi connectivity index (χ2v) is 10.0. The molecule has 3 aromatic carbocycles. The highest BCUT2D eigenvalue weighted by Crippen LogP contribution is 2.34. The Bertz CT molecular complexity index is 1550. The van der Waals surface area contributed by atoms with E-state index in [9.17, 15) is 40.7 Å². The molecule has 0 saturated carbocycles. The van der Waals surface area contributed by atoms with Gasteiger partial charge in [-0.2, -0.15) is 26.3 Å². The van der Waals surface area contributed by atoms with E-state index in [1.54, 1.807) is 25.1 Å². The van der Waals surface area contributed by atoms with Gasteiger partial charge in [0.15, 0.2) is 0 Å². The van der Waals surface area contributed by atoms with Crippen LogP contribution in [0.4, 0.5) is 32.0 Å². The Morgan fingerprint density at radius 3 is 2.28 bits per heavy atom. The number of nitrogens with two attached hydrogens (primary N) is 1. The van der Waals surface area contributed by atoms with Gasteiger partial charge in [-0.1, -0.05) is 60.7 Å². The molecule has 0 fully saturated rings. The molecule has 0 saturated heterocycles. The van der Waals surface area contributed by atoms with Crippen molar-refractivity contribution >= 4 is 29.1 Å². The summed E-state index contributed by atoms with van der Waals surface area (Å²) in [6.45, 7) is 1.65. The number of amides is 3. The summed E-state index contributed by atoms with van der Waals surface area (Å²) in [4.78, 5) is 43.7. The van der Waals surface area contributed by atoms with Crippen molar-refractivity contribution in [1.29, 1.82) is 0 Å². The predicted octanol–water partition coefficient (Wildman–Crippen LogP) is 5.47. The lowest BCUT2D eigenvalue weighted by molar-refractivity contribution is -0.144. The van der Waals surface area contributed by atoms with Crippen LogP contribution in [-0.4, -0.2) is 35.8 Å². The van der Waals surface area contributed by atoms with Crippen molar-refractivity contribution < 1.29 is 40.7 Å². The normalized spacial score (nSPS) is 16.7. The van der Waals surface area contributed by atoms with Crippen LogP contribution in [0.2, 0.25) is 0 Å². The summed E-state index contributed by atoms with van der Waals surface area (Å²) >= 11 is 0. The first-order chi connectivity index (χ1) is 20.2. The number of nitrogens with one attached hydrogen (secondary N) is 2. The number of carbonyl (C=O) groups is 3. The molecule has 1 aliphatic heterocycles. The standard InChI is InChI=1S/C30H26F6N4O3/c1-16-7-5-12-21-23(16)39-28(43)26(38-24(21)18-10-6-11-19(15-18)30(34,35)36)40-27(42)20(13-14-29(31,32)33)22(25(37)41)17-8-3-2-4-9-17/h2-12,15,20,22,26H,13-14H2,1H3,(H2,37,41)(H,39,43)(H,40,42)/t20?,22?,26-/m1/s1. The van der Waals surface area contributed by atoms with Crippen LogP contribution < -0.4 is 16.4 Å². The molecule has 226 valence electrons. The van der Waals surface area contributed by atoms with Crippen LogP contribution in [0.25, 0.3) is 0 Å². The number of nitrogens with zero attached hydrogens (tertiary/aromatic N) is 1. The molecule has 13 heteroatoms. The maximum absolute atomic E-state index is 13.6. The molecule has 4 rings (SSSR count). The third kappa shape index (κ3) is 7.40. The molecule has 7 nitrogen and oxygen atoms in total. The lowest BCUT2D eigenvalue weighted by atomic mass is 9.81. The summed E-state index contributed by atoms with van der Waals surface area (Å²) in [5, 5.41) is 4.92. The summed E-state index contributed by atoms with van der Waals surface area (Å²) < 4.78 is 80.3. The number of primary amides is 1. The molecule has 1 aliphatic rings. The number of carbonyl (C=O) groups excluding carboxylic acids is 3. The van der Waals surface area contributed by atoms with E-state index in [1.807, 2.05) is 0 Å². The van der Waals surface area contributed by atoms with Crippen LogP contribution in [0, 0.1) is 12.8 Å². The number of hydrogen-bond donors (Lipinski definition) is 3. The van der Waals surface area contributed by atoms with Crippen molar-refractivity contribution in [3.05, 3.63) is 101 Å². The fourth-order valence-electron chi connectivity index (χ4n) is 4.92. The topological polar surface area (TPSA) is 114 Å². The fraction of sp³-hybridized carbons (Fsp3) is 0.267. The number of rotatable bonds is 8. The SMILES string of the molecule is Cc1cccc2c1NC(=O)[C@@H](NC(=O)C(CCC(F)(F)F)C(C(N)=O)c1ccccc1)N=C2c1cccc(C(F)(F)F)c1. The lowest BCUT2D eigenvalue weighted by Gasteiger charge is -2.26. The van der Waals surface area contributed by atoms with Crippen LogP contribution in [0.15, 0.2) is 77.8 Å². The van der Waals surface area contributed by atoms with Crippen LogP contribution in [0.3, 0.4) is 0 Å². The van der Waals surface area contributed by atoms with Gasteiger partial charge in [-0.3, -0.25) is 14.4 Å². The van der Waals surface area contributed by atoms with E-state index in [4.69, 9.17) is 5.73 Å². The third-order valence-electron chi connectivity index (χ3n) is 6.97. The molecule has 2 unspecified atom stereocenters. The van der Waals surface area contributed by atoms with Gasteiger partial charge in [-0.05, 0) is 36.6 Å². The van der Waals surface area contributed by atoms with Gasteiger partial charge in [0.25, 0.3) is 5.91 Å². The number of halogens is 6. The monoisotopic (exact) mass is 604 g/mol. The van der Waals surface area contributed by atoms with Crippen LogP contribution in [-0.2, 0) is 20.6 Å². The zero-order valence-electron chi connectivity index (χ0n) is 22.6. The first kappa shape index (κ1) is 31.3. The van der Waals surface area contributed by atoms with E-state index in [0.29, 0.717) is 5.56 Å². The van der Waals surface area contributed by atoms with Crippen molar-refractivity contribution in [3.63, 3.8) is 0 Å². The first-order valence-electron chi connectivity index (χ1n) is 13.0. The maximum Gasteiger partial charge on any atom is 0.416 e. The number of aliphatic imine (C=N–C) groups is 1. The Hall–Kier alpha value is -4.68. The average Bonchev–Trinajstić information content (AvgIpc) is 3.07. The number of para-hydroxylation sites is 1. The smallest absolute Gasteiger partial charge is 0.369 e. The van der Waals surface area contributed by atoms with Crippen molar-refractivity contribution in [2.24, 2.45) is 16.6 Å². The van der Waals surface area contributed by atoms with Crippen molar-refractivity contribution in [2.45, 2.75) is 44.2 Å². The Morgan fingerprint density at radius 2 is 1.65 bits per heavy atom. The highest BCUT2D eigenvalue weighted by atomic mass is 19.4. The molecule has 3 atom stereocenters. The molecule has 0 bridgehead atoms. The summed E-state index contributed by atoms with van der Waals surface area (Å²) in [6, 6.07) is 16.5. The van der Waals surface area contributed by atoms with Gasteiger partial charge in [-0.25, -0.2) is 4.99 Å². The third-order valence-corrected chi connectivity index (χ3v) is 6.97. The zero-order chi connectivity index (χ0) is 31.5. The Kier molecular flexibility index (Phi) is 8.93. The lowest BCUT2D eigenvalue weighted by Crippen LogP contribution is -2.47. The van der Waals surface area contributed by atoms with Crippen LogP contribution in [0.1, 0.15) is 46.6 Å². The van der Waals surface area contributed by atoms with Gasteiger partial charge in [0.05, 0.1) is 28.8 Å². The van der Waals surface area contributed by atoms with Gasteiger partial charge < -0.3 is 16.4 Å². The van der Waals surface area contributed by atoms with E-state index < -0.39 is 66.5 Å². The van der Waals surface area contributed by atoms with Gasteiger partial charge in [0, 0.05) is 17.5 Å². The summed E-state index contributed by atoms with van der Waals surface area (Å²) in [7, 11) is 0. The van der Waals surface area contributed by atoms with Crippen molar-refractivity contribution in [1.82, 2.24) is 5.32 Å². The highest BCUT2D eigenvalue weighted by molar-refractivity contribution is 6.20. The van der Waals surface area contributed by atoms with E-state index in [0.717, 1.165) is 18.2 Å². The quantitative estimate of drug-likeness (QED) is 0.296. The average molecular weight is 605 g/mol. The number of hydrogen-bond acceptors (Lipinski definition) is 4. The Morgan fingerprint density at radius 1 is 0.977 bits per heavy atom. The van der Waals surface area contributed by atoms with Gasteiger partial charge in [0.2, 0.25) is 18.0 Å². The Labute approximate surface area is 242 Å². The molecular formula is C30H26F6N4O3. The summed E-state index contributed by atoms with van der Waals surface area (Å²) in [5.41, 5.74) is 5.70. The van der Waals surface area contributed by atoms with Crippen molar-refractivity contribution in [2.75, 3.05) is 5.32 Å². The second kappa shape index (κ2) is 12.3. The van der Waals surface area contributed by atoms with E-state index >= 15 is 0 Å². The van der Waals surface area contributed by atoms with E-state index in [1.165, 1.54) is 36.4 Å². The number of aryl methyl sites for hydroxylation is 1. The van der Waals surface area contributed by atoms with Crippen LogP contribution >= 0.6 is 0 Å². The molecule has 4 N–H and O–H groups in total. The zero-order valence-corrected chi connectivity index (χ0v) is 22.6. The summed E-state index contributed by atoms with van der Waals surface area (Å²) in [5.74, 6) is -6.21. The largest absolute Gasteiger partial charge is 0.416 e. The fourth-order valence-corrected chi connectivity index (χ4v) is 4.92. The molecule has 0 spiro atoms. The minimum absolute atomic E-state index is 0.0228. The highest BCUT2D eigenvalue weighted by Gasteiger charge is 2.39. The molecule has 43 heavy (non-hydrogen) atoms.